The number of aliphatic hydroxyl groups is 1. The first-order valence-electron chi connectivity index (χ1n) is 5.48. The molecule has 0 aliphatic heterocycles. The van der Waals surface area contributed by atoms with Crippen molar-refractivity contribution < 1.29 is 17.7 Å². The highest BCUT2D eigenvalue weighted by Gasteiger charge is 2.29. The van der Waals surface area contributed by atoms with Gasteiger partial charge in [0.15, 0.2) is 0 Å². The number of aryl methyl sites for hydroxylation is 1. The summed E-state index contributed by atoms with van der Waals surface area (Å²) in [6.45, 7) is 4.96. The summed E-state index contributed by atoms with van der Waals surface area (Å²) >= 11 is 2.03. The monoisotopic (exact) mass is 384 g/mol. The minimum atomic E-state index is -3.81. The zero-order valence-electron chi connectivity index (χ0n) is 10.6. The van der Waals surface area contributed by atoms with E-state index >= 15 is 0 Å². The second kappa shape index (κ2) is 5.85. The van der Waals surface area contributed by atoms with Crippen molar-refractivity contribution >= 4 is 32.7 Å². The van der Waals surface area contributed by atoms with E-state index in [4.69, 9.17) is 4.18 Å². The van der Waals surface area contributed by atoms with Crippen molar-refractivity contribution in [1.82, 2.24) is 0 Å². The minimum absolute atomic E-state index is 0.102. The number of benzene rings is 1. The van der Waals surface area contributed by atoms with Crippen LogP contribution >= 0.6 is 22.6 Å². The smallest absolute Gasteiger partial charge is 0.297 e. The van der Waals surface area contributed by atoms with Gasteiger partial charge in [-0.05, 0) is 26.0 Å². The fourth-order valence-electron chi connectivity index (χ4n) is 1.08. The molecule has 0 heterocycles. The van der Waals surface area contributed by atoms with Crippen molar-refractivity contribution in [3.63, 3.8) is 0 Å². The topological polar surface area (TPSA) is 63.6 Å². The van der Waals surface area contributed by atoms with Crippen LogP contribution in [0.15, 0.2) is 29.2 Å². The van der Waals surface area contributed by atoms with Gasteiger partial charge in [0.25, 0.3) is 10.1 Å². The van der Waals surface area contributed by atoms with Crippen molar-refractivity contribution in [2.75, 3.05) is 6.61 Å². The molecule has 4 nitrogen and oxygen atoms in total. The zero-order valence-corrected chi connectivity index (χ0v) is 13.5. The average molecular weight is 384 g/mol. The van der Waals surface area contributed by atoms with Crippen LogP contribution in [0, 0.1) is 6.92 Å². The highest BCUT2D eigenvalue weighted by Crippen LogP contribution is 2.21. The van der Waals surface area contributed by atoms with Gasteiger partial charge in [0.1, 0.15) is 0 Å². The number of rotatable bonds is 5. The first kappa shape index (κ1) is 15.9. The Hall–Kier alpha value is -0.180. The van der Waals surface area contributed by atoms with Gasteiger partial charge in [-0.2, -0.15) is 8.42 Å². The molecule has 0 spiro atoms. The molecule has 18 heavy (non-hydrogen) atoms. The second-order valence-electron chi connectivity index (χ2n) is 4.50. The summed E-state index contributed by atoms with van der Waals surface area (Å²) in [5.41, 5.74) is -0.208. The molecule has 0 saturated carbocycles. The summed E-state index contributed by atoms with van der Waals surface area (Å²) in [6.07, 6.45) is 0. The third-order valence-electron chi connectivity index (χ3n) is 2.67. The molecule has 6 heteroatoms. The lowest BCUT2D eigenvalue weighted by molar-refractivity contribution is 0.0192. The standard InChI is InChI=1S/C12H17IO4S/c1-9-4-6-11(7-5-9)18(15,16)17-8-12(3,14)10(2)13/h4-7,10,14H,8H2,1-3H3/t10-,12+/m1/s1. The van der Waals surface area contributed by atoms with E-state index in [1.165, 1.54) is 12.1 Å². The molecule has 0 aliphatic rings. The molecule has 0 amide bonds. The molecular weight excluding hydrogens is 367 g/mol. The average Bonchev–Trinajstić information content (AvgIpc) is 2.27. The lowest BCUT2D eigenvalue weighted by Crippen LogP contribution is -2.39. The van der Waals surface area contributed by atoms with Gasteiger partial charge in [0.2, 0.25) is 0 Å². The molecule has 1 aromatic rings. The maximum absolute atomic E-state index is 11.9. The fourth-order valence-corrected chi connectivity index (χ4v) is 2.26. The van der Waals surface area contributed by atoms with Gasteiger partial charge in [-0.25, -0.2) is 0 Å². The molecule has 0 saturated heterocycles. The van der Waals surface area contributed by atoms with Crippen molar-refractivity contribution in [2.24, 2.45) is 0 Å². The highest BCUT2D eigenvalue weighted by molar-refractivity contribution is 14.1. The Morgan fingerprint density at radius 1 is 1.39 bits per heavy atom. The largest absolute Gasteiger partial charge is 0.387 e. The van der Waals surface area contributed by atoms with E-state index in [1.807, 2.05) is 29.5 Å². The fraction of sp³-hybridized carbons (Fsp3) is 0.500. The van der Waals surface area contributed by atoms with Crippen LogP contribution in [0.2, 0.25) is 0 Å². The molecule has 1 N–H and O–H groups in total. The van der Waals surface area contributed by atoms with Crippen molar-refractivity contribution in [3.05, 3.63) is 29.8 Å². The van der Waals surface area contributed by atoms with Crippen LogP contribution in [0.25, 0.3) is 0 Å². The van der Waals surface area contributed by atoms with Crippen molar-refractivity contribution in [1.29, 1.82) is 0 Å². The van der Waals surface area contributed by atoms with Gasteiger partial charge in [0.05, 0.1) is 17.1 Å². The Kier molecular flexibility index (Phi) is 5.16. The van der Waals surface area contributed by atoms with E-state index in [2.05, 4.69) is 0 Å². The quantitative estimate of drug-likeness (QED) is 0.481. The third-order valence-corrected chi connectivity index (χ3v) is 5.29. The summed E-state index contributed by atoms with van der Waals surface area (Å²) in [6, 6.07) is 6.39. The zero-order chi connectivity index (χ0) is 14.0. The van der Waals surface area contributed by atoms with Crippen LogP contribution in [0.1, 0.15) is 19.4 Å². The molecule has 0 fully saturated rings. The van der Waals surface area contributed by atoms with Gasteiger partial charge < -0.3 is 5.11 Å². The van der Waals surface area contributed by atoms with Crippen LogP contribution in [0.4, 0.5) is 0 Å². The van der Waals surface area contributed by atoms with E-state index in [9.17, 15) is 13.5 Å². The summed E-state index contributed by atoms with van der Waals surface area (Å²) in [4.78, 5) is 0.102. The number of hydrogen-bond donors (Lipinski definition) is 1. The molecule has 0 aliphatic carbocycles. The third kappa shape index (κ3) is 4.18. The van der Waals surface area contributed by atoms with Crippen LogP contribution in [-0.4, -0.2) is 29.7 Å². The lowest BCUT2D eigenvalue weighted by Gasteiger charge is -2.25. The van der Waals surface area contributed by atoms with Gasteiger partial charge in [-0.3, -0.25) is 4.18 Å². The van der Waals surface area contributed by atoms with Gasteiger partial charge in [0, 0.05) is 3.92 Å². The summed E-state index contributed by atoms with van der Waals surface area (Å²) in [5, 5.41) is 9.95. The minimum Gasteiger partial charge on any atom is -0.387 e. The molecule has 0 unspecified atom stereocenters. The number of alkyl halides is 1. The molecule has 2 atom stereocenters. The van der Waals surface area contributed by atoms with E-state index in [0.29, 0.717) is 0 Å². The summed E-state index contributed by atoms with van der Waals surface area (Å²) < 4.78 is 28.5. The normalized spacial score (nSPS) is 17.2. The Labute approximate surface area is 122 Å². The van der Waals surface area contributed by atoms with Crippen LogP contribution in [0.5, 0.6) is 0 Å². The second-order valence-corrected chi connectivity index (χ2v) is 7.99. The van der Waals surface area contributed by atoms with E-state index in [0.717, 1.165) is 5.56 Å². The molecule has 0 radical (unpaired) electrons. The maximum atomic E-state index is 11.9. The molecule has 0 aromatic heterocycles. The maximum Gasteiger partial charge on any atom is 0.297 e. The molecule has 1 aromatic carbocycles. The number of halogens is 1. The summed E-state index contributed by atoms with van der Waals surface area (Å²) in [5.74, 6) is 0. The van der Waals surface area contributed by atoms with Crippen LogP contribution < -0.4 is 0 Å². The Morgan fingerprint density at radius 3 is 2.33 bits per heavy atom. The molecule has 102 valence electrons. The number of hydrogen-bond acceptors (Lipinski definition) is 4. The van der Waals surface area contributed by atoms with Gasteiger partial charge in [-0.15, -0.1) is 0 Å². The van der Waals surface area contributed by atoms with Crippen LogP contribution in [0.3, 0.4) is 0 Å². The lowest BCUT2D eigenvalue weighted by atomic mass is 10.1. The summed E-state index contributed by atoms with van der Waals surface area (Å²) in [7, 11) is -3.81. The van der Waals surface area contributed by atoms with Gasteiger partial charge in [-0.1, -0.05) is 47.2 Å². The SMILES string of the molecule is Cc1ccc(S(=O)(=O)OC[C@](C)(O)[C@@H](C)I)cc1. The molecular formula is C12H17IO4S. The van der Waals surface area contributed by atoms with Crippen molar-refractivity contribution in [3.8, 4) is 0 Å². The molecule has 1 rings (SSSR count). The Morgan fingerprint density at radius 2 is 1.89 bits per heavy atom. The first-order chi connectivity index (χ1) is 8.15. The predicted octanol–water partition coefficient (Wildman–Crippen LogP) is 2.27. The Balaban J connectivity index is 2.81. The predicted molar refractivity (Wildman–Crippen MR) is 78.4 cm³/mol. The van der Waals surface area contributed by atoms with Gasteiger partial charge >= 0.3 is 0 Å². The van der Waals surface area contributed by atoms with Crippen LogP contribution in [-0.2, 0) is 14.3 Å². The molecule has 0 bridgehead atoms. The highest BCUT2D eigenvalue weighted by atomic mass is 127. The Bertz CT molecular complexity index is 491. The van der Waals surface area contributed by atoms with E-state index in [-0.39, 0.29) is 15.4 Å². The first-order valence-corrected chi connectivity index (χ1v) is 8.13. The van der Waals surface area contributed by atoms with Crippen molar-refractivity contribution in [2.45, 2.75) is 35.2 Å². The van der Waals surface area contributed by atoms with E-state index < -0.39 is 15.7 Å². The van der Waals surface area contributed by atoms with E-state index in [1.54, 1.807) is 26.0 Å².